The molecule has 0 radical (unpaired) electrons. The molecule has 6 nitrogen and oxygen atoms in total. The number of piperazine rings is 1. The Morgan fingerprint density at radius 2 is 2.21 bits per heavy atom. The van der Waals surface area contributed by atoms with Crippen molar-refractivity contribution in [2.45, 2.75) is 25.4 Å². The average molecular weight is 335 g/mol. The number of carbonyl (C=O) groups excluding carboxylic acids is 1. The van der Waals surface area contributed by atoms with Crippen LogP contribution in [0.1, 0.15) is 27.7 Å². The zero-order valence-electron chi connectivity index (χ0n) is 17.1. The lowest BCUT2D eigenvalue weighted by atomic mass is 9.94. The predicted molar refractivity (Wildman–Crippen MR) is 94.1 cm³/mol. The maximum absolute atomic E-state index is 11.1. The third-order valence-corrected chi connectivity index (χ3v) is 5.22. The Hall–Kier alpha value is -1.63. The Morgan fingerprint density at radius 3 is 2.92 bits per heavy atom. The quantitative estimate of drug-likeness (QED) is 0.820. The summed E-state index contributed by atoms with van der Waals surface area (Å²) in [5, 5.41) is 3.57. The summed E-state index contributed by atoms with van der Waals surface area (Å²) in [6, 6.07) is 6.07. The topological polar surface area (TPSA) is 70.8 Å². The van der Waals surface area contributed by atoms with E-state index in [1.165, 1.54) is 0 Å². The van der Waals surface area contributed by atoms with E-state index in [1.54, 1.807) is 6.07 Å². The van der Waals surface area contributed by atoms with Crippen LogP contribution in [0, 0.1) is 6.92 Å². The summed E-state index contributed by atoms with van der Waals surface area (Å²) in [5.74, 6) is 0.122. The van der Waals surface area contributed by atoms with Gasteiger partial charge in [-0.2, -0.15) is 0 Å². The molecule has 2 aliphatic rings. The summed E-state index contributed by atoms with van der Waals surface area (Å²) in [6.07, 6.45) is 1.03. The predicted octanol–water partition coefficient (Wildman–Crippen LogP) is 0.510. The van der Waals surface area contributed by atoms with Crippen LogP contribution >= 0.6 is 0 Å². The minimum absolute atomic E-state index is 0.132. The Morgan fingerprint density at radius 1 is 1.42 bits per heavy atom. The van der Waals surface area contributed by atoms with Crippen molar-refractivity contribution >= 4 is 5.91 Å². The first kappa shape index (κ1) is 13.6. The van der Waals surface area contributed by atoms with Crippen molar-refractivity contribution in [3.05, 3.63) is 29.3 Å². The number of rotatable bonds is 5. The number of carbonyl (C=O) groups is 1. The van der Waals surface area contributed by atoms with Gasteiger partial charge in [0.2, 0.25) is 5.91 Å². The molecular weight excluding hydrogens is 304 g/mol. The van der Waals surface area contributed by atoms with E-state index in [2.05, 4.69) is 15.1 Å². The number of nitrogens with zero attached hydrogens (tertiary/aromatic N) is 2. The molecular formula is C18H28N4O2. The van der Waals surface area contributed by atoms with Gasteiger partial charge in [-0.3, -0.25) is 14.6 Å². The SMILES string of the molecule is [2H]C([2H])([2H])Oc1cccc([C@@H]2NCC[C@@H]2N2CCN(CC(N)=O)CC2)c1C. The highest BCUT2D eigenvalue weighted by Crippen LogP contribution is 2.33. The highest BCUT2D eigenvalue weighted by atomic mass is 16.5. The monoisotopic (exact) mass is 335 g/mol. The van der Waals surface area contributed by atoms with Gasteiger partial charge in [0, 0.05) is 38.3 Å². The molecule has 1 amide bonds. The summed E-state index contributed by atoms with van der Waals surface area (Å²) in [7, 11) is -2.46. The maximum atomic E-state index is 11.1. The normalized spacial score (nSPS) is 28.1. The molecule has 132 valence electrons. The summed E-state index contributed by atoms with van der Waals surface area (Å²) < 4.78 is 27.3. The Labute approximate surface area is 148 Å². The van der Waals surface area contributed by atoms with Gasteiger partial charge < -0.3 is 15.8 Å². The molecule has 1 aromatic rings. The fourth-order valence-electron chi connectivity index (χ4n) is 3.95. The van der Waals surface area contributed by atoms with Crippen LogP contribution < -0.4 is 15.8 Å². The summed E-state index contributed by atoms with van der Waals surface area (Å²) in [4.78, 5) is 15.7. The standard InChI is InChI=1S/C18H28N4O2/c1-13-14(4-3-5-16(13)24-2)18-15(6-7-20-18)22-10-8-21(9-11-22)12-17(19)23/h3-5,15,18,20H,6-12H2,1-2H3,(H2,19,23)/t15-,18-/m0/s1/i2D3. The van der Waals surface area contributed by atoms with E-state index in [0.29, 0.717) is 18.3 Å². The van der Waals surface area contributed by atoms with Crippen molar-refractivity contribution < 1.29 is 13.6 Å². The van der Waals surface area contributed by atoms with Gasteiger partial charge in [0.05, 0.1) is 17.7 Å². The van der Waals surface area contributed by atoms with Gasteiger partial charge in [0.15, 0.2) is 0 Å². The number of nitrogens with one attached hydrogen (secondary N) is 1. The molecule has 3 N–H and O–H groups in total. The van der Waals surface area contributed by atoms with Gasteiger partial charge >= 0.3 is 0 Å². The van der Waals surface area contributed by atoms with Crippen molar-refractivity contribution in [2.24, 2.45) is 5.73 Å². The minimum Gasteiger partial charge on any atom is -0.496 e. The van der Waals surface area contributed by atoms with Gasteiger partial charge in [-0.05, 0) is 37.1 Å². The number of hydrogen-bond acceptors (Lipinski definition) is 5. The Balaban J connectivity index is 1.72. The third kappa shape index (κ3) is 3.55. The van der Waals surface area contributed by atoms with Crippen LogP contribution in [0.15, 0.2) is 18.2 Å². The molecule has 2 aliphatic heterocycles. The molecule has 3 rings (SSSR count). The van der Waals surface area contributed by atoms with Crippen molar-refractivity contribution in [1.29, 1.82) is 0 Å². The smallest absolute Gasteiger partial charge is 0.231 e. The number of primary amides is 1. The molecule has 6 heteroatoms. The van der Waals surface area contributed by atoms with Crippen LogP contribution in [-0.2, 0) is 4.79 Å². The molecule has 0 aromatic heterocycles. The van der Waals surface area contributed by atoms with E-state index in [9.17, 15) is 4.79 Å². The lowest BCUT2D eigenvalue weighted by Gasteiger charge is -2.39. The van der Waals surface area contributed by atoms with Gasteiger partial charge in [-0.25, -0.2) is 0 Å². The van der Waals surface area contributed by atoms with E-state index in [-0.39, 0.29) is 11.9 Å². The summed E-state index contributed by atoms with van der Waals surface area (Å²) in [5.41, 5.74) is 7.24. The molecule has 0 aliphatic carbocycles. The second-order valence-electron chi connectivity index (χ2n) is 6.64. The fourth-order valence-corrected chi connectivity index (χ4v) is 3.95. The van der Waals surface area contributed by atoms with E-state index in [4.69, 9.17) is 14.6 Å². The van der Waals surface area contributed by atoms with E-state index in [0.717, 1.165) is 50.3 Å². The van der Waals surface area contributed by atoms with Crippen LogP contribution in [-0.4, -0.2) is 68.1 Å². The molecule has 24 heavy (non-hydrogen) atoms. The van der Waals surface area contributed by atoms with Crippen LogP contribution in [0.3, 0.4) is 0 Å². The average Bonchev–Trinajstić information content (AvgIpc) is 3.05. The van der Waals surface area contributed by atoms with Crippen LogP contribution in [0.5, 0.6) is 5.75 Å². The molecule has 1 aromatic carbocycles. The maximum Gasteiger partial charge on any atom is 0.231 e. The molecule has 2 heterocycles. The summed E-state index contributed by atoms with van der Waals surface area (Å²) in [6.45, 7) is 6.58. The highest BCUT2D eigenvalue weighted by Gasteiger charge is 2.35. The van der Waals surface area contributed by atoms with Crippen molar-refractivity contribution in [3.8, 4) is 5.75 Å². The van der Waals surface area contributed by atoms with E-state index in [1.807, 2.05) is 19.1 Å². The number of amides is 1. The first-order chi connectivity index (χ1) is 12.7. The Bertz CT molecular complexity index is 675. The van der Waals surface area contributed by atoms with Crippen molar-refractivity contribution in [1.82, 2.24) is 15.1 Å². The van der Waals surface area contributed by atoms with Crippen LogP contribution in [0.2, 0.25) is 0 Å². The minimum atomic E-state index is -2.46. The Kier molecular flexibility index (Phi) is 4.27. The van der Waals surface area contributed by atoms with Crippen LogP contribution in [0.4, 0.5) is 0 Å². The van der Waals surface area contributed by atoms with E-state index >= 15 is 0 Å². The molecule has 0 unspecified atom stereocenters. The summed E-state index contributed by atoms with van der Waals surface area (Å²) >= 11 is 0. The molecule has 2 atom stereocenters. The van der Waals surface area contributed by atoms with Gasteiger partial charge in [0.1, 0.15) is 5.75 Å². The number of hydrogen-bond donors (Lipinski definition) is 2. The first-order valence-electron chi connectivity index (χ1n) is 10.0. The van der Waals surface area contributed by atoms with Gasteiger partial charge in [-0.15, -0.1) is 0 Å². The number of methoxy groups -OCH3 is 1. The highest BCUT2D eigenvalue weighted by molar-refractivity contribution is 5.75. The van der Waals surface area contributed by atoms with Gasteiger partial charge in [0.25, 0.3) is 0 Å². The lowest BCUT2D eigenvalue weighted by molar-refractivity contribution is -0.119. The zero-order valence-corrected chi connectivity index (χ0v) is 14.1. The number of nitrogens with two attached hydrogens (primary N) is 1. The molecule has 2 fully saturated rings. The number of ether oxygens (including phenoxy) is 1. The molecule has 0 saturated carbocycles. The second kappa shape index (κ2) is 7.51. The third-order valence-electron chi connectivity index (χ3n) is 5.22. The first-order valence-corrected chi connectivity index (χ1v) is 8.51. The van der Waals surface area contributed by atoms with Crippen molar-refractivity contribution in [2.75, 3.05) is 46.3 Å². The second-order valence-corrected chi connectivity index (χ2v) is 6.64. The zero-order chi connectivity index (χ0) is 19.6. The number of benzene rings is 1. The van der Waals surface area contributed by atoms with Gasteiger partial charge in [-0.1, -0.05) is 12.1 Å². The molecule has 0 bridgehead atoms. The van der Waals surface area contributed by atoms with E-state index < -0.39 is 7.04 Å². The fraction of sp³-hybridized carbons (Fsp3) is 0.611. The van der Waals surface area contributed by atoms with Crippen LogP contribution in [0.25, 0.3) is 0 Å². The lowest BCUT2D eigenvalue weighted by Crippen LogP contribution is -2.53. The molecule has 2 saturated heterocycles. The molecule has 0 spiro atoms. The van der Waals surface area contributed by atoms with Crippen molar-refractivity contribution in [3.63, 3.8) is 0 Å². The largest absolute Gasteiger partial charge is 0.496 e.